The molecular weight excluding hydrogens is 428 g/mol. The quantitative estimate of drug-likeness (QED) is 0.114. The van der Waals surface area contributed by atoms with Gasteiger partial charge in [0.1, 0.15) is 9.79 Å². The van der Waals surface area contributed by atoms with Crippen molar-refractivity contribution in [2.45, 2.75) is 58.1 Å². The molecule has 2 heterocycles. The summed E-state index contributed by atoms with van der Waals surface area (Å²) in [7, 11) is -7.33. The maximum Gasteiger partial charge on any atom is 0.209 e. The molecule has 0 atom stereocenters. The van der Waals surface area contributed by atoms with Crippen LogP contribution < -0.4 is 0 Å². The SMILES string of the molecule is CCCCCC(c1ccc(N=[N+]=[N-])c2c1S2(=O)=O)c1ccc(N=[N+]=[N-])c2c1S2(=O)=O. The Balaban J connectivity index is 1.88. The zero-order chi connectivity index (χ0) is 21.7. The van der Waals surface area contributed by atoms with Gasteiger partial charge in [-0.15, -0.1) is 0 Å². The molecule has 12 heteroatoms. The maximum absolute atomic E-state index is 12.5. The number of nitrogens with zero attached hydrogens (tertiary/aromatic N) is 6. The van der Waals surface area contributed by atoms with Crippen LogP contribution in [0.15, 0.2) is 54.1 Å². The number of unbranched alkanes of at least 4 members (excludes halogenated alkanes) is 2. The van der Waals surface area contributed by atoms with Crippen molar-refractivity contribution in [2.75, 3.05) is 0 Å². The highest BCUT2D eigenvalue weighted by Crippen LogP contribution is 2.57. The van der Waals surface area contributed by atoms with E-state index < -0.39 is 25.6 Å². The van der Waals surface area contributed by atoms with Gasteiger partial charge in [-0.05, 0) is 28.6 Å². The number of hydrogen-bond acceptors (Lipinski definition) is 6. The Hall–Kier alpha value is -3.04. The van der Waals surface area contributed by atoms with E-state index in [1.165, 1.54) is 12.1 Å². The highest BCUT2D eigenvalue weighted by atomic mass is 32.2. The predicted octanol–water partition coefficient (Wildman–Crippen LogP) is 5.57. The summed E-state index contributed by atoms with van der Waals surface area (Å²) in [5.74, 6) is -0.464. The molecule has 30 heavy (non-hydrogen) atoms. The molecule has 2 aliphatic rings. The zero-order valence-electron chi connectivity index (χ0n) is 15.8. The Morgan fingerprint density at radius 2 is 1.27 bits per heavy atom. The monoisotopic (exact) mass is 444 g/mol. The van der Waals surface area contributed by atoms with Crippen LogP contribution in [0.2, 0.25) is 0 Å². The van der Waals surface area contributed by atoms with Gasteiger partial charge in [0.25, 0.3) is 0 Å². The van der Waals surface area contributed by atoms with E-state index in [0.29, 0.717) is 17.5 Å². The van der Waals surface area contributed by atoms with Crippen LogP contribution in [0.5, 0.6) is 0 Å². The minimum atomic E-state index is -3.67. The Morgan fingerprint density at radius 1 is 0.800 bits per heavy atom. The lowest BCUT2D eigenvalue weighted by atomic mass is 9.86. The molecule has 0 saturated carbocycles. The van der Waals surface area contributed by atoms with E-state index in [1.807, 2.05) is 6.92 Å². The molecule has 2 aliphatic heterocycles. The number of rotatable bonds is 8. The molecule has 0 aromatic heterocycles. The lowest BCUT2D eigenvalue weighted by Crippen LogP contribution is -2.03. The second-order valence-corrected chi connectivity index (χ2v) is 10.7. The predicted molar refractivity (Wildman–Crippen MR) is 107 cm³/mol. The number of benzene rings is 2. The van der Waals surface area contributed by atoms with E-state index in [-0.39, 0.29) is 31.0 Å². The molecule has 0 fully saturated rings. The molecule has 0 unspecified atom stereocenters. The van der Waals surface area contributed by atoms with Gasteiger partial charge in [-0.1, -0.05) is 60.7 Å². The van der Waals surface area contributed by atoms with Crippen molar-refractivity contribution in [1.29, 1.82) is 0 Å². The minimum absolute atomic E-state index is 0.00729. The third-order valence-corrected chi connectivity index (χ3v) is 8.84. The molecule has 0 spiro atoms. The molecular formula is C18H16N6O4S2. The molecule has 0 saturated heterocycles. The van der Waals surface area contributed by atoms with E-state index in [4.69, 9.17) is 11.1 Å². The van der Waals surface area contributed by atoms with Gasteiger partial charge in [0.05, 0.1) is 21.2 Å². The van der Waals surface area contributed by atoms with Gasteiger partial charge in [0.15, 0.2) is 0 Å². The van der Waals surface area contributed by atoms with E-state index in [0.717, 1.165) is 19.3 Å². The summed E-state index contributed by atoms with van der Waals surface area (Å²) in [5.41, 5.74) is 18.4. The van der Waals surface area contributed by atoms with Crippen LogP contribution in [0, 0.1) is 0 Å². The fraction of sp³-hybridized carbons (Fsp3) is 0.333. The van der Waals surface area contributed by atoms with Crippen LogP contribution in [0.4, 0.5) is 11.4 Å². The molecule has 0 aliphatic carbocycles. The molecule has 0 bridgehead atoms. The fourth-order valence-corrected chi connectivity index (χ4v) is 7.43. The third kappa shape index (κ3) is 2.93. The average Bonchev–Trinajstić information content (AvgIpc) is 3.50. The Morgan fingerprint density at radius 3 is 1.67 bits per heavy atom. The van der Waals surface area contributed by atoms with Crippen molar-refractivity contribution in [2.24, 2.45) is 10.2 Å². The summed E-state index contributed by atoms with van der Waals surface area (Å²) in [6.07, 6.45) is 3.19. The van der Waals surface area contributed by atoms with Gasteiger partial charge < -0.3 is 0 Å². The smallest absolute Gasteiger partial charge is 0.209 e. The molecule has 0 radical (unpaired) electrons. The fourth-order valence-electron chi connectivity index (χ4n) is 3.99. The van der Waals surface area contributed by atoms with E-state index in [1.54, 1.807) is 12.1 Å². The third-order valence-electron chi connectivity index (χ3n) is 5.39. The second-order valence-electron chi connectivity index (χ2n) is 7.10. The van der Waals surface area contributed by atoms with Gasteiger partial charge >= 0.3 is 0 Å². The molecule has 0 amide bonds. The molecule has 4 rings (SSSR count). The van der Waals surface area contributed by atoms with Crippen LogP contribution in [0.3, 0.4) is 0 Å². The van der Waals surface area contributed by atoms with Gasteiger partial charge in [-0.25, -0.2) is 16.8 Å². The summed E-state index contributed by atoms with van der Waals surface area (Å²) >= 11 is 0. The lowest BCUT2D eigenvalue weighted by molar-refractivity contribution is 0.599. The topological polar surface area (TPSA) is 166 Å². The minimum Gasteiger partial charge on any atom is -0.218 e. The van der Waals surface area contributed by atoms with Crippen molar-refractivity contribution in [3.8, 4) is 0 Å². The number of sulfone groups is 2. The molecule has 0 N–H and O–H groups in total. The number of hydrogen-bond donors (Lipinski definition) is 0. The van der Waals surface area contributed by atoms with Gasteiger partial charge in [0, 0.05) is 15.7 Å². The van der Waals surface area contributed by atoms with Crippen molar-refractivity contribution in [1.82, 2.24) is 0 Å². The van der Waals surface area contributed by atoms with Crippen LogP contribution in [-0.4, -0.2) is 16.8 Å². The van der Waals surface area contributed by atoms with Gasteiger partial charge in [-0.2, -0.15) is 0 Å². The lowest BCUT2D eigenvalue weighted by Gasteiger charge is -2.17. The summed E-state index contributed by atoms with van der Waals surface area (Å²) in [6, 6.07) is 6.08. The standard InChI is InChI=1S/C18H16N6O4S2/c1-2-3-4-5-10(11-6-8-13(21-23-19)17-15(11)29(17,25)26)12-7-9-14(22-24-20)18-16(12)30(18,27)28/h6-10H,2-5H2,1H3. The van der Waals surface area contributed by atoms with Crippen molar-refractivity contribution in [3.63, 3.8) is 0 Å². The number of azide groups is 2. The Labute approximate surface area is 172 Å². The first-order valence-corrected chi connectivity index (χ1v) is 12.2. The summed E-state index contributed by atoms with van der Waals surface area (Å²) in [6.45, 7) is 2.04. The first kappa shape index (κ1) is 20.2. The summed E-state index contributed by atoms with van der Waals surface area (Å²) in [5, 5.41) is 6.89. The molecule has 154 valence electrons. The molecule has 2 aromatic rings. The number of fused-ring (bicyclic) bond motifs is 2. The van der Waals surface area contributed by atoms with E-state index >= 15 is 0 Å². The summed E-state index contributed by atoms with van der Waals surface area (Å²) in [4.78, 5) is 5.57. The van der Waals surface area contributed by atoms with Gasteiger partial charge in [-0.3, -0.25) is 0 Å². The Bertz CT molecular complexity index is 1300. The molecule has 2 aromatic carbocycles. The van der Waals surface area contributed by atoms with Crippen molar-refractivity contribution >= 4 is 31.0 Å². The highest BCUT2D eigenvalue weighted by molar-refractivity contribution is 7.97. The van der Waals surface area contributed by atoms with Crippen molar-refractivity contribution < 1.29 is 16.8 Å². The summed E-state index contributed by atoms with van der Waals surface area (Å²) < 4.78 is 50.1. The normalized spacial score (nSPS) is 17.0. The van der Waals surface area contributed by atoms with Crippen LogP contribution in [0.25, 0.3) is 20.9 Å². The highest BCUT2D eigenvalue weighted by Gasteiger charge is 2.49. The van der Waals surface area contributed by atoms with Gasteiger partial charge in [0.2, 0.25) is 19.7 Å². The average molecular weight is 444 g/mol. The van der Waals surface area contributed by atoms with Crippen LogP contribution >= 0.6 is 0 Å². The maximum atomic E-state index is 12.5. The van der Waals surface area contributed by atoms with E-state index in [9.17, 15) is 16.8 Å². The second kappa shape index (κ2) is 7.03. The van der Waals surface area contributed by atoms with Crippen LogP contribution in [0.1, 0.15) is 49.7 Å². The first-order chi connectivity index (χ1) is 14.3. The first-order valence-electron chi connectivity index (χ1n) is 9.24. The van der Waals surface area contributed by atoms with E-state index in [2.05, 4.69) is 20.1 Å². The van der Waals surface area contributed by atoms with Crippen molar-refractivity contribution in [3.05, 3.63) is 56.3 Å². The zero-order valence-corrected chi connectivity index (χ0v) is 17.5. The van der Waals surface area contributed by atoms with Crippen LogP contribution in [-0.2, 0) is 19.7 Å². The largest absolute Gasteiger partial charge is 0.218 e. The Kier molecular flexibility index (Phi) is 4.74. The molecule has 10 nitrogen and oxygen atoms in total.